The second kappa shape index (κ2) is 5.58. The van der Waals surface area contributed by atoms with E-state index in [2.05, 4.69) is 10.3 Å². The van der Waals surface area contributed by atoms with Crippen molar-refractivity contribution >= 4 is 22.4 Å². The van der Waals surface area contributed by atoms with Crippen LogP contribution < -0.4 is 11.1 Å². The number of nitrogens with zero attached hydrogens (tertiary/aromatic N) is 1. The predicted molar refractivity (Wildman–Crippen MR) is 86.0 cm³/mol. The summed E-state index contributed by atoms with van der Waals surface area (Å²) in [6.07, 6.45) is 2.75. The number of anilines is 1. The number of aromatic nitrogens is 1. The van der Waals surface area contributed by atoms with E-state index in [1.165, 1.54) is 4.88 Å². The summed E-state index contributed by atoms with van der Waals surface area (Å²) in [5.74, 6) is -0.0824. The third-order valence-corrected chi connectivity index (χ3v) is 4.94. The minimum absolute atomic E-state index is 0.0824. The first-order chi connectivity index (χ1) is 10.0. The second-order valence-corrected chi connectivity index (χ2v) is 6.70. The number of hydrogen-bond donors (Lipinski definition) is 2. The van der Waals surface area contributed by atoms with Crippen molar-refractivity contribution in [3.8, 4) is 0 Å². The summed E-state index contributed by atoms with van der Waals surface area (Å²) >= 11 is 1.55. The van der Waals surface area contributed by atoms with Crippen LogP contribution in [0.25, 0.3) is 0 Å². The molecule has 1 atom stereocenters. The van der Waals surface area contributed by atoms with Gasteiger partial charge in [0, 0.05) is 16.5 Å². The largest absolute Gasteiger partial charge is 0.327 e. The van der Waals surface area contributed by atoms with Crippen molar-refractivity contribution in [2.24, 2.45) is 5.73 Å². The van der Waals surface area contributed by atoms with E-state index in [1.54, 1.807) is 11.3 Å². The highest BCUT2D eigenvalue weighted by Crippen LogP contribution is 2.29. The Labute approximate surface area is 128 Å². The summed E-state index contributed by atoms with van der Waals surface area (Å²) in [5, 5.41) is 3.62. The number of hydrogen-bond acceptors (Lipinski definition) is 4. The summed E-state index contributed by atoms with van der Waals surface area (Å²) in [4.78, 5) is 18.2. The molecule has 5 heteroatoms. The summed E-state index contributed by atoms with van der Waals surface area (Å²) < 4.78 is 0. The molecule has 0 aliphatic heterocycles. The van der Waals surface area contributed by atoms with Crippen molar-refractivity contribution in [2.45, 2.75) is 39.2 Å². The topological polar surface area (TPSA) is 68.0 Å². The Morgan fingerprint density at radius 2 is 2.10 bits per heavy atom. The lowest BCUT2D eigenvalue weighted by molar-refractivity contribution is 0.102. The minimum atomic E-state index is -0.0824. The SMILES string of the molecule is Cc1cccc(C)c1C(=O)Nc1nc2c(s1)C[C@@H](N)CC2. The summed E-state index contributed by atoms with van der Waals surface area (Å²) in [5.41, 5.74) is 9.78. The van der Waals surface area contributed by atoms with Gasteiger partial charge in [0.1, 0.15) is 0 Å². The number of nitrogens with one attached hydrogen (secondary N) is 1. The van der Waals surface area contributed by atoms with Crippen molar-refractivity contribution in [1.29, 1.82) is 0 Å². The third-order valence-electron chi connectivity index (χ3n) is 3.91. The number of amides is 1. The second-order valence-electron chi connectivity index (χ2n) is 5.61. The predicted octanol–water partition coefficient (Wildman–Crippen LogP) is 2.83. The van der Waals surface area contributed by atoms with E-state index >= 15 is 0 Å². The normalized spacial score (nSPS) is 17.4. The fourth-order valence-electron chi connectivity index (χ4n) is 2.79. The smallest absolute Gasteiger partial charge is 0.257 e. The van der Waals surface area contributed by atoms with Crippen LogP contribution in [0.3, 0.4) is 0 Å². The lowest BCUT2D eigenvalue weighted by Crippen LogP contribution is -2.27. The van der Waals surface area contributed by atoms with Crippen LogP contribution in [-0.2, 0) is 12.8 Å². The monoisotopic (exact) mass is 301 g/mol. The van der Waals surface area contributed by atoms with Gasteiger partial charge in [-0.15, -0.1) is 11.3 Å². The number of fused-ring (bicyclic) bond motifs is 1. The minimum Gasteiger partial charge on any atom is -0.327 e. The molecule has 1 amide bonds. The number of aryl methyl sites for hydroxylation is 3. The zero-order valence-corrected chi connectivity index (χ0v) is 13.1. The molecule has 1 aliphatic carbocycles. The maximum atomic E-state index is 12.5. The van der Waals surface area contributed by atoms with Crippen LogP contribution in [0, 0.1) is 13.8 Å². The zero-order valence-electron chi connectivity index (χ0n) is 12.3. The van der Waals surface area contributed by atoms with Crippen LogP contribution in [0.5, 0.6) is 0 Å². The van der Waals surface area contributed by atoms with Gasteiger partial charge in [-0.05, 0) is 44.2 Å². The van der Waals surface area contributed by atoms with Crippen LogP contribution in [-0.4, -0.2) is 16.9 Å². The van der Waals surface area contributed by atoms with Gasteiger partial charge in [-0.25, -0.2) is 4.98 Å². The molecule has 3 rings (SSSR count). The first kappa shape index (κ1) is 14.2. The van der Waals surface area contributed by atoms with Gasteiger partial charge in [0.25, 0.3) is 5.91 Å². The Morgan fingerprint density at radius 1 is 1.38 bits per heavy atom. The highest BCUT2D eigenvalue weighted by atomic mass is 32.1. The first-order valence-electron chi connectivity index (χ1n) is 7.16. The quantitative estimate of drug-likeness (QED) is 0.896. The van der Waals surface area contributed by atoms with Crippen molar-refractivity contribution in [3.05, 3.63) is 45.5 Å². The van der Waals surface area contributed by atoms with E-state index in [4.69, 9.17) is 5.73 Å². The molecule has 0 spiro atoms. The highest BCUT2D eigenvalue weighted by molar-refractivity contribution is 7.15. The van der Waals surface area contributed by atoms with E-state index in [0.717, 1.165) is 41.6 Å². The molecule has 110 valence electrons. The van der Waals surface area contributed by atoms with Crippen LogP contribution in [0.1, 0.15) is 38.5 Å². The van der Waals surface area contributed by atoms with Gasteiger partial charge < -0.3 is 5.73 Å². The first-order valence-corrected chi connectivity index (χ1v) is 7.98. The molecule has 0 saturated carbocycles. The Kier molecular flexibility index (Phi) is 3.78. The molecular formula is C16H19N3OS. The molecule has 4 nitrogen and oxygen atoms in total. The molecule has 2 aromatic rings. The van der Waals surface area contributed by atoms with Crippen molar-refractivity contribution in [2.75, 3.05) is 5.32 Å². The maximum absolute atomic E-state index is 12.5. The van der Waals surface area contributed by atoms with Crippen molar-refractivity contribution in [3.63, 3.8) is 0 Å². The van der Waals surface area contributed by atoms with Gasteiger partial charge >= 0.3 is 0 Å². The summed E-state index contributed by atoms with van der Waals surface area (Å²) in [6.45, 7) is 3.90. The molecule has 1 heterocycles. The molecule has 0 unspecified atom stereocenters. The molecule has 1 aliphatic rings. The van der Waals surface area contributed by atoms with E-state index in [9.17, 15) is 4.79 Å². The number of thiazole rings is 1. The van der Waals surface area contributed by atoms with Crippen LogP contribution in [0.4, 0.5) is 5.13 Å². The molecule has 1 aromatic carbocycles. The zero-order chi connectivity index (χ0) is 15.0. The van der Waals surface area contributed by atoms with Gasteiger partial charge in [-0.1, -0.05) is 18.2 Å². The average Bonchev–Trinajstić information content (AvgIpc) is 2.79. The maximum Gasteiger partial charge on any atom is 0.257 e. The summed E-state index contributed by atoms with van der Waals surface area (Å²) in [7, 11) is 0. The van der Waals surface area contributed by atoms with Gasteiger partial charge in [0.2, 0.25) is 0 Å². The summed E-state index contributed by atoms with van der Waals surface area (Å²) in [6, 6.07) is 6.09. The molecule has 0 radical (unpaired) electrons. The number of rotatable bonds is 2. The van der Waals surface area contributed by atoms with Crippen molar-refractivity contribution < 1.29 is 4.79 Å². The Hall–Kier alpha value is -1.72. The molecule has 0 fully saturated rings. The number of nitrogens with two attached hydrogens (primary N) is 1. The fourth-order valence-corrected chi connectivity index (χ4v) is 3.88. The highest BCUT2D eigenvalue weighted by Gasteiger charge is 2.21. The van der Waals surface area contributed by atoms with Crippen LogP contribution >= 0.6 is 11.3 Å². The van der Waals surface area contributed by atoms with Gasteiger partial charge in [-0.3, -0.25) is 10.1 Å². The molecule has 3 N–H and O–H groups in total. The van der Waals surface area contributed by atoms with Gasteiger partial charge in [0.05, 0.1) is 5.69 Å². The van der Waals surface area contributed by atoms with E-state index < -0.39 is 0 Å². The van der Waals surface area contributed by atoms with Crippen molar-refractivity contribution in [1.82, 2.24) is 4.98 Å². The molecular weight excluding hydrogens is 282 g/mol. The average molecular weight is 301 g/mol. The number of carbonyl (C=O) groups is 1. The Morgan fingerprint density at radius 3 is 2.81 bits per heavy atom. The standard InChI is InChI=1S/C16H19N3OS/c1-9-4-3-5-10(2)14(9)15(20)19-16-18-12-7-6-11(17)8-13(12)21-16/h3-5,11H,6-8,17H2,1-2H3,(H,18,19,20)/t11-/m0/s1. The van der Waals surface area contributed by atoms with Gasteiger partial charge in [-0.2, -0.15) is 0 Å². The van der Waals surface area contributed by atoms with Crippen LogP contribution in [0.15, 0.2) is 18.2 Å². The lowest BCUT2D eigenvalue weighted by Gasteiger charge is -2.15. The van der Waals surface area contributed by atoms with E-state index in [1.807, 2.05) is 32.0 Å². The number of benzene rings is 1. The van der Waals surface area contributed by atoms with E-state index in [-0.39, 0.29) is 11.9 Å². The Bertz CT molecular complexity index is 673. The molecule has 0 bridgehead atoms. The van der Waals surface area contributed by atoms with E-state index in [0.29, 0.717) is 5.13 Å². The number of carbonyl (C=O) groups excluding carboxylic acids is 1. The van der Waals surface area contributed by atoms with Crippen LogP contribution in [0.2, 0.25) is 0 Å². The third kappa shape index (κ3) is 2.84. The fraction of sp³-hybridized carbons (Fsp3) is 0.375. The molecule has 1 aromatic heterocycles. The van der Waals surface area contributed by atoms with Gasteiger partial charge in [0.15, 0.2) is 5.13 Å². The molecule has 0 saturated heterocycles. The molecule has 21 heavy (non-hydrogen) atoms. The lowest BCUT2D eigenvalue weighted by atomic mass is 9.99. The Balaban J connectivity index is 1.82.